The number of ether oxygens (including phenoxy) is 2. The summed E-state index contributed by atoms with van der Waals surface area (Å²) in [5, 5.41) is 22.7. The molecule has 0 saturated carbocycles. The molecule has 5 rings (SSSR count). The zero-order valence-electron chi connectivity index (χ0n) is 19.0. The Labute approximate surface area is 188 Å². The molecule has 170 valence electrons. The van der Waals surface area contributed by atoms with E-state index >= 15 is 0 Å². The molecule has 2 aliphatic heterocycles. The Hall–Kier alpha value is -2.99. The van der Waals surface area contributed by atoms with Crippen molar-refractivity contribution in [2.45, 2.75) is 51.6 Å². The Morgan fingerprint density at radius 3 is 2.34 bits per heavy atom. The molecule has 0 spiro atoms. The number of carbonyl (C=O) groups is 1. The normalized spacial score (nSPS) is 17.4. The van der Waals surface area contributed by atoms with Crippen molar-refractivity contribution in [3.05, 3.63) is 41.5 Å². The highest BCUT2D eigenvalue weighted by molar-refractivity contribution is 6.12. The Balaban J connectivity index is 0.000000363. The van der Waals surface area contributed by atoms with Crippen molar-refractivity contribution in [2.75, 3.05) is 20.8 Å². The topological polar surface area (TPSA) is 79.2 Å². The minimum absolute atomic E-state index is 0.292. The molecule has 1 saturated heterocycles. The fourth-order valence-corrected chi connectivity index (χ4v) is 5.10. The monoisotopic (exact) mass is 437 g/mol. The van der Waals surface area contributed by atoms with Gasteiger partial charge < -0.3 is 19.7 Å². The zero-order valence-corrected chi connectivity index (χ0v) is 19.0. The highest BCUT2D eigenvalue weighted by Crippen LogP contribution is 2.44. The molecule has 3 aromatic rings. The SMILES string of the molecule is CCCC(=O)O.COc1cc2c3c(c4ccc(O)cc4c2cc1OC)CN1CCC[C@H]1C3. The highest BCUT2D eigenvalue weighted by Gasteiger charge is 2.32. The van der Waals surface area contributed by atoms with Crippen LogP contribution in [0.25, 0.3) is 21.5 Å². The van der Waals surface area contributed by atoms with Crippen LogP contribution in [0.15, 0.2) is 30.3 Å². The number of carboxylic acids is 1. The molecule has 6 heteroatoms. The maximum absolute atomic E-state index is 10.1. The number of hydrogen-bond donors (Lipinski definition) is 2. The molecular weight excluding hydrogens is 406 g/mol. The predicted octanol–water partition coefficient (Wildman–Crippen LogP) is 5.11. The van der Waals surface area contributed by atoms with Gasteiger partial charge in [-0.25, -0.2) is 0 Å². The van der Waals surface area contributed by atoms with Gasteiger partial charge in [0, 0.05) is 19.0 Å². The van der Waals surface area contributed by atoms with E-state index < -0.39 is 5.97 Å². The Morgan fingerprint density at radius 2 is 1.72 bits per heavy atom. The number of rotatable bonds is 4. The second kappa shape index (κ2) is 9.25. The van der Waals surface area contributed by atoms with Crippen LogP contribution in [0.1, 0.15) is 43.7 Å². The second-order valence-electron chi connectivity index (χ2n) is 8.55. The van der Waals surface area contributed by atoms with Gasteiger partial charge in [-0.3, -0.25) is 9.69 Å². The van der Waals surface area contributed by atoms with Gasteiger partial charge in [0.1, 0.15) is 5.75 Å². The predicted molar refractivity (Wildman–Crippen MR) is 126 cm³/mol. The van der Waals surface area contributed by atoms with Gasteiger partial charge in [0.05, 0.1) is 14.2 Å². The Kier molecular flexibility index (Phi) is 6.42. The third-order valence-corrected chi connectivity index (χ3v) is 6.60. The lowest BCUT2D eigenvalue weighted by Crippen LogP contribution is -2.35. The molecule has 2 heterocycles. The lowest BCUT2D eigenvalue weighted by molar-refractivity contribution is -0.137. The van der Waals surface area contributed by atoms with Crippen molar-refractivity contribution in [3.8, 4) is 17.2 Å². The minimum Gasteiger partial charge on any atom is -0.508 e. The van der Waals surface area contributed by atoms with Crippen LogP contribution in [0.5, 0.6) is 17.2 Å². The molecule has 2 N–H and O–H groups in total. The van der Waals surface area contributed by atoms with Crippen LogP contribution in [0.3, 0.4) is 0 Å². The molecule has 0 aromatic heterocycles. The number of hydrogen-bond acceptors (Lipinski definition) is 5. The molecular formula is C26H31NO5. The number of carboxylic acid groups (broad SMARTS) is 1. The lowest BCUT2D eigenvalue weighted by Gasteiger charge is -2.33. The molecule has 0 aliphatic carbocycles. The van der Waals surface area contributed by atoms with Gasteiger partial charge in [-0.05, 0) is 89.2 Å². The van der Waals surface area contributed by atoms with Crippen molar-refractivity contribution in [2.24, 2.45) is 0 Å². The van der Waals surface area contributed by atoms with Crippen molar-refractivity contribution in [1.29, 1.82) is 0 Å². The van der Waals surface area contributed by atoms with Gasteiger partial charge >= 0.3 is 5.97 Å². The number of phenols is 1. The average Bonchev–Trinajstić information content (AvgIpc) is 3.25. The summed E-state index contributed by atoms with van der Waals surface area (Å²) < 4.78 is 11.1. The standard InChI is InChI=1S/C22H23NO3.C4H8O2/c1-25-21-10-18-16-8-13-4-3-7-23(13)12-20(16)15-6-5-14(24)9-17(15)19(18)11-22(21)26-2;1-2-3-4(5)6/h5-6,9-11,13,24H,3-4,7-8,12H2,1-2H3;2-3H2,1H3,(H,5,6)/t13-;/m0./s1. The number of fused-ring (bicyclic) bond motifs is 7. The van der Waals surface area contributed by atoms with Crippen LogP contribution < -0.4 is 9.47 Å². The third kappa shape index (κ3) is 4.07. The van der Waals surface area contributed by atoms with Gasteiger partial charge in [0.2, 0.25) is 0 Å². The molecule has 1 fully saturated rings. The maximum Gasteiger partial charge on any atom is 0.303 e. The zero-order chi connectivity index (χ0) is 22.8. The summed E-state index contributed by atoms with van der Waals surface area (Å²) in [5.74, 6) is 1.07. The molecule has 32 heavy (non-hydrogen) atoms. The van der Waals surface area contributed by atoms with Crippen LogP contribution in [0, 0.1) is 0 Å². The van der Waals surface area contributed by atoms with Crippen LogP contribution in [0.2, 0.25) is 0 Å². The molecule has 3 aromatic carbocycles. The molecule has 0 bridgehead atoms. The first-order valence-corrected chi connectivity index (χ1v) is 11.2. The van der Waals surface area contributed by atoms with E-state index in [1.807, 2.05) is 13.0 Å². The van der Waals surface area contributed by atoms with E-state index in [1.54, 1.807) is 20.3 Å². The summed E-state index contributed by atoms with van der Waals surface area (Å²) in [7, 11) is 3.35. The van der Waals surface area contributed by atoms with E-state index in [0.29, 0.717) is 18.2 Å². The number of nitrogens with zero attached hydrogens (tertiary/aromatic N) is 1. The maximum atomic E-state index is 10.1. The van der Waals surface area contributed by atoms with E-state index in [0.717, 1.165) is 41.7 Å². The summed E-state index contributed by atoms with van der Waals surface area (Å²) in [6.07, 6.45) is 4.67. The van der Waals surface area contributed by atoms with Crippen LogP contribution >= 0.6 is 0 Å². The molecule has 0 radical (unpaired) electrons. The summed E-state index contributed by atoms with van der Waals surface area (Å²) in [6.45, 7) is 4.02. The lowest BCUT2D eigenvalue weighted by atomic mass is 9.85. The van der Waals surface area contributed by atoms with Gasteiger partial charge in [-0.2, -0.15) is 0 Å². The highest BCUT2D eigenvalue weighted by atomic mass is 16.5. The number of aliphatic carboxylic acids is 1. The van der Waals surface area contributed by atoms with Crippen LogP contribution in [0.4, 0.5) is 0 Å². The number of benzene rings is 3. The third-order valence-electron chi connectivity index (χ3n) is 6.60. The summed E-state index contributed by atoms with van der Waals surface area (Å²) >= 11 is 0. The molecule has 0 amide bonds. The largest absolute Gasteiger partial charge is 0.508 e. The van der Waals surface area contributed by atoms with Gasteiger partial charge in [0.25, 0.3) is 0 Å². The number of methoxy groups -OCH3 is 2. The van der Waals surface area contributed by atoms with Gasteiger partial charge in [0.15, 0.2) is 11.5 Å². The Morgan fingerprint density at radius 1 is 1.03 bits per heavy atom. The molecule has 2 aliphatic rings. The average molecular weight is 438 g/mol. The molecule has 0 unspecified atom stereocenters. The quantitative estimate of drug-likeness (QED) is 0.553. The fourth-order valence-electron chi connectivity index (χ4n) is 5.10. The fraction of sp³-hybridized carbons (Fsp3) is 0.423. The van der Waals surface area contributed by atoms with E-state index in [-0.39, 0.29) is 0 Å². The number of aromatic hydroxyl groups is 1. The van der Waals surface area contributed by atoms with Gasteiger partial charge in [-0.1, -0.05) is 13.0 Å². The summed E-state index contributed by atoms with van der Waals surface area (Å²) in [6, 6.07) is 10.5. The first kappa shape index (κ1) is 22.2. The Bertz CT molecular complexity index is 1160. The van der Waals surface area contributed by atoms with Gasteiger partial charge in [-0.15, -0.1) is 0 Å². The smallest absolute Gasteiger partial charge is 0.303 e. The molecule has 6 nitrogen and oxygen atoms in total. The number of phenolic OH excluding ortho intramolecular Hbond substituents is 1. The minimum atomic E-state index is -0.711. The van der Waals surface area contributed by atoms with E-state index in [9.17, 15) is 9.90 Å². The summed E-state index contributed by atoms with van der Waals surface area (Å²) in [4.78, 5) is 12.2. The van der Waals surface area contributed by atoms with E-state index in [4.69, 9.17) is 14.6 Å². The van der Waals surface area contributed by atoms with Crippen LogP contribution in [-0.4, -0.2) is 47.9 Å². The summed E-state index contributed by atoms with van der Waals surface area (Å²) in [5.41, 5.74) is 2.83. The first-order valence-electron chi connectivity index (χ1n) is 11.2. The van der Waals surface area contributed by atoms with Crippen molar-refractivity contribution >= 4 is 27.5 Å². The second-order valence-corrected chi connectivity index (χ2v) is 8.55. The van der Waals surface area contributed by atoms with Crippen LogP contribution in [-0.2, 0) is 17.8 Å². The van der Waals surface area contributed by atoms with Crippen molar-refractivity contribution in [3.63, 3.8) is 0 Å². The first-order chi connectivity index (χ1) is 15.5. The van der Waals surface area contributed by atoms with Crippen molar-refractivity contribution < 1.29 is 24.5 Å². The van der Waals surface area contributed by atoms with E-state index in [2.05, 4.69) is 23.1 Å². The molecule has 1 atom stereocenters. The van der Waals surface area contributed by atoms with Crippen molar-refractivity contribution in [1.82, 2.24) is 4.90 Å². The van der Waals surface area contributed by atoms with E-state index in [1.165, 1.54) is 41.3 Å².